The highest BCUT2D eigenvalue weighted by atomic mass is 32.1. The molecule has 1 unspecified atom stereocenters. The number of benzene rings is 1. The minimum absolute atomic E-state index is 0.266. The topological polar surface area (TPSA) is 46.0 Å². The molecule has 1 N–H and O–H groups in total. The van der Waals surface area contributed by atoms with Crippen LogP contribution in [0.2, 0.25) is 0 Å². The second kappa shape index (κ2) is 5.51. The van der Waals surface area contributed by atoms with Gasteiger partial charge in [0.25, 0.3) is 0 Å². The van der Waals surface area contributed by atoms with Crippen molar-refractivity contribution in [3.63, 3.8) is 0 Å². The highest BCUT2D eigenvalue weighted by Crippen LogP contribution is 2.43. The Morgan fingerprint density at radius 3 is 2.78 bits per heavy atom. The Labute approximate surface area is 137 Å². The number of aromatic nitrogens is 2. The molecule has 0 saturated heterocycles. The fraction of sp³-hybridized carbons (Fsp3) is 0.222. The number of aliphatic hydroxyl groups is 1. The average Bonchev–Trinajstić information content (AvgIpc) is 3.07. The van der Waals surface area contributed by atoms with E-state index in [2.05, 4.69) is 9.97 Å². The van der Waals surface area contributed by atoms with Gasteiger partial charge in [0.05, 0.1) is 4.88 Å². The van der Waals surface area contributed by atoms with Gasteiger partial charge in [0.1, 0.15) is 16.4 Å². The molecule has 5 heteroatoms. The largest absolute Gasteiger partial charge is 0.379 e. The maximum atomic E-state index is 13.1. The van der Waals surface area contributed by atoms with Gasteiger partial charge < -0.3 is 5.11 Å². The molecular weight excluding hydrogens is 311 g/mol. The van der Waals surface area contributed by atoms with Gasteiger partial charge in [0, 0.05) is 24.2 Å². The molecule has 23 heavy (non-hydrogen) atoms. The van der Waals surface area contributed by atoms with E-state index in [9.17, 15) is 9.50 Å². The van der Waals surface area contributed by atoms with E-state index in [0.29, 0.717) is 6.42 Å². The molecule has 1 atom stereocenters. The van der Waals surface area contributed by atoms with Crippen LogP contribution in [0.15, 0.2) is 48.9 Å². The molecular formula is C18H15FN2OS. The van der Waals surface area contributed by atoms with Crippen molar-refractivity contribution in [3.8, 4) is 10.6 Å². The minimum atomic E-state index is -1.01. The fourth-order valence-electron chi connectivity index (χ4n) is 3.15. The summed E-state index contributed by atoms with van der Waals surface area (Å²) in [5, 5.41) is 12.1. The summed E-state index contributed by atoms with van der Waals surface area (Å²) in [6.07, 6.45) is 7.82. The first kappa shape index (κ1) is 14.5. The van der Waals surface area contributed by atoms with E-state index in [1.54, 1.807) is 24.5 Å². The van der Waals surface area contributed by atoms with Crippen molar-refractivity contribution in [2.24, 2.45) is 0 Å². The second-order valence-corrected chi connectivity index (χ2v) is 6.81. The molecule has 0 fully saturated rings. The van der Waals surface area contributed by atoms with Gasteiger partial charge in [0.15, 0.2) is 0 Å². The molecule has 1 aliphatic rings. The van der Waals surface area contributed by atoms with Crippen LogP contribution < -0.4 is 0 Å². The lowest BCUT2D eigenvalue weighted by Crippen LogP contribution is -2.31. The summed E-state index contributed by atoms with van der Waals surface area (Å²) in [4.78, 5) is 9.41. The SMILES string of the molecule is OC1(c2cnc(-c3ccc(F)cc3)s2)CCCc2cnccc21. The van der Waals surface area contributed by atoms with E-state index in [0.717, 1.165) is 39.4 Å². The zero-order valence-electron chi connectivity index (χ0n) is 12.4. The smallest absolute Gasteiger partial charge is 0.126 e. The Morgan fingerprint density at radius 1 is 1.13 bits per heavy atom. The molecule has 1 aliphatic carbocycles. The maximum absolute atomic E-state index is 13.1. The first-order valence-electron chi connectivity index (χ1n) is 7.55. The van der Waals surface area contributed by atoms with E-state index in [1.165, 1.54) is 23.5 Å². The minimum Gasteiger partial charge on any atom is -0.379 e. The summed E-state index contributed by atoms with van der Waals surface area (Å²) in [6.45, 7) is 0. The second-order valence-electron chi connectivity index (χ2n) is 5.78. The molecule has 0 saturated carbocycles. The Balaban J connectivity index is 1.76. The molecule has 0 radical (unpaired) electrons. The van der Waals surface area contributed by atoms with Gasteiger partial charge in [-0.15, -0.1) is 11.3 Å². The Morgan fingerprint density at radius 2 is 1.96 bits per heavy atom. The molecule has 2 heterocycles. The molecule has 116 valence electrons. The molecule has 4 rings (SSSR count). The molecule has 0 bridgehead atoms. The van der Waals surface area contributed by atoms with Gasteiger partial charge in [-0.1, -0.05) is 0 Å². The van der Waals surface area contributed by atoms with Crippen molar-refractivity contribution in [1.82, 2.24) is 9.97 Å². The first-order chi connectivity index (χ1) is 11.2. The maximum Gasteiger partial charge on any atom is 0.126 e. The van der Waals surface area contributed by atoms with Crippen molar-refractivity contribution in [2.75, 3.05) is 0 Å². The number of nitrogens with zero attached hydrogens (tertiary/aromatic N) is 2. The number of halogens is 1. The molecule has 3 nitrogen and oxygen atoms in total. The lowest BCUT2D eigenvalue weighted by Gasteiger charge is -2.33. The fourth-order valence-corrected chi connectivity index (χ4v) is 4.20. The van der Waals surface area contributed by atoms with Gasteiger partial charge in [-0.05, 0) is 60.7 Å². The zero-order valence-corrected chi connectivity index (χ0v) is 13.2. The van der Waals surface area contributed by atoms with Crippen molar-refractivity contribution >= 4 is 11.3 Å². The van der Waals surface area contributed by atoms with Gasteiger partial charge >= 0.3 is 0 Å². The van der Waals surface area contributed by atoms with Crippen LogP contribution in [0.4, 0.5) is 4.39 Å². The summed E-state index contributed by atoms with van der Waals surface area (Å²) in [5.41, 5.74) is 1.87. The lowest BCUT2D eigenvalue weighted by atomic mass is 9.79. The van der Waals surface area contributed by atoms with Crippen LogP contribution in [0.3, 0.4) is 0 Å². The quantitative estimate of drug-likeness (QED) is 0.776. The number of aryl methyl sites for hydroxylation is 1. The Kier molecular flexibility index (Phi) is 3.47. The van der Waals surface area contributed by atoms with E-state index in [-0.39, 0.29) is 5.82 Å². The third-order valence-electron chi connectivity index (χ3n) is 4.34. The zero-order chi connectivity index (χ0) is 15.9. The van der Waals surface area contributed by atoms with Gasteiger partial charge in [0.2, 0.25) is 0 Å². The van der Waals surface area contributed by atoms with Crippen LogP contribution >= 0.6 is 11.3 Å². The van der Waals surface area contributed by atoms with E-state index >= 15 is 0 Å². The van der Waals surface area contributed by atoms with Crippen LogP contribution in [0.25, 0.3) is 10.6 Å². The van der Waals surface area contributed by atoms with Gasteiger partial charge in [-0.2, -0.15) is 0 Å². The number of hydrogen-bond donors (Lipinski definition) is 1. The van der Waals surface area contributed by atoms with Gasteiger partial charge in [-0.25, -0.2) is 9.37 Å². The Hall–Kier alpha value is -2.11. The van der Waals surface area contributed by atoms with Crippen molar-refractivity contribution in [2.45, 2.75) is 24.9 Å². The van der Waals surface area contributed by atoms with Crippen molar-refractivity contribution in [3.05, 3.63) is 70.7 Å². The van der Waals surface area contributed by atoms with E-state index in [1.807, 2.05) is 12.3 Å². The van der Waals surface area contributed by atoms with Crippen LogP contribution in [-0.4, -0.2) is 15.1 Å². The standard InChI is InChI=1S/C18H15FN2OS/c19-14-5-3-12(4-6-14)17-21-11-16(23-17)18(22)8-1-2-13-10-20-9-7-15(13)18/h3-7,9-11,22H,1-2,8H2. The summed E-state index contributed by atoms with van der Waals surface area (Å²) in [6, 6.07) is 8.16. The van der Waals surface area contributed by atoms with Crippen LogP contribution in [0.5, 0.6) is 0 Å². The number of fused-ring (bicyclic) bond motifs is 1. The highest BCUT2D eigenvalue weighted by Gasteiger charge is 2.37. The van der Waals surface area contributed by atoms with Gasteiger partial charge in [-0.3, -0.25) is 4.98 Å². The van der Waals surface area contributed by atoms with Crippen LogP contribution in [0, 0.1) is 5.82 Å². The normalized spacial score (nSPS) is 20.3. The third kappa shape index (κ3) is 2.46. The predicted octanol–water partition coefficient (Wildman–Crippen LogP) is 3.92. The number of hydrogen-bond acceptors (Lipinski definition) is 4. The lowest BCUT2D eigenvalue weighted by molar-refractivity contribution is 0.0649. The van der Waals surface area contributed by atoms with Crippen LogP contribution in [-0.2, 0) is 12.0 Å². The number of rotatable bonds is 2. The summed E-state index contributed by atoms with van der Waals surface area (Å²) in [5.74, 6) is -0.266. The molecule has 0 spiro atoms. The van der Waals surface area contributed by atoms with E-state index < -0.39 is 5.60 Å². The summed E-state index contributed by atoms with van der Waals surface area (Å²) < 4.78 is 13.1. The predicted molar refractivity (Wildman–Crippen MR) is 87.7 cm³/mol. The van der Waals surface area contributed by atoms with Crippen molar-refractivity contribution < 1.29 is 9.50 Å². The van der Waals surface area contributed by atoms with E-state index in [4.69, 9.17) is 0 Å². The summed E-state index contributed by atoms with van der Waals surface area (Å²) in [7, 11) is 0. The first-order valence-corrected chi connectivity index (χ1v) is 8.36. The average molecular weight is 326 g/mol. The molecule has 1 aromatic carbocycles. The third-order valence-corrected chi connectivity index (χ3v) is 5.54. The number of thiazole rings is 1. The summed E-state index contributed by atoms with van der Waals surface area (Å²) >= 11 is 1.46. The highest BCUT2D eigenvalue weighted by molar-refractivity contribution is 7.15. The molecule has 2 aromatic heterocycles. The van der Waals surface area contributed by atoms with Crippen molar-refractivity contribution in [1.29, 1.82) is 0 Å². The Bertz CT molecular complexity index is 846. The molecule has 0 aliphatic heterocycles. The number of pyridine rings is 1. The molecule has 0 amide bonds. The molecule has 3 aromatic rings. The monoisotopic (exact) mass is 326 g/mol. The van der Waals surface area contributed by atoms with Crippen LogP contribution in [0.1, 0.15) is 28.8 Å².